The first-order chi connectivity index (χ1) is 16.8. The van der Waals surface area contributed by atoms with Crippen LogP contribution in [0.4, 0.5) is 15.9 Å². The van der Waals surface area contributed by atoms with Crippen molar-refractivity contribution in [1.29, 1.82) is 0 Å². The number of benzene rings is 2. The van der Waals surface area contributed by atoms with Gasteiger partial charge in [0.1, 0.15) is 17.5 Å². The first-order valence-corrected chi connectivity index (χ1v) is 11.2. The summed E-state index contributed by atoms with van der Waals surface area (Å²) in [4.78, 5) is 31.1. The molecular formula is C26H22ClFN4O3. The summed E-state index contributed by atoms with van der Waals surface area (Å²) in [6, 6.07) is 16.4. The molecule has 0 fully saturated rings. The lowest BCUT2D eigenvalue weighted by Gasteiger charge is -2.32. The second kappa shape index (κ2) is 9.99. The maximum atomic E-state index is 14.7. The third-order valence-corrected chi connectivity index (χ3v) is 5.93. The highest BCUT2D eigenvalue weighted by molar-refractivity contribution is 6.34. The Morgan fingerprint density at radius 1 is 1.17 bits per heavy atom. The molecule has 0 atom stereocenters. The topological polar surface area (TPSA) is 109 Å². The monoisotopic (exact) mass is 492 g/mol. The number of carbonyl (C=O) groups excluding carboxylic acids is 1. The van der Waals surface area contributed by atoms with E-state index in [1.807, 2.05) is 37.3 Å². The zero-order valence-corrected chi connectivity index (χ0v) is 19.5. The van der Waals surface area contributed by atoms with E-state index in [-0.39, 0.29) is 45.6 Å². The molecule has 0 radical (unpaired) electrons. The average molecular weight is 493 g/mol. The molecule has 0 spiro atoms. The van der Waals surface area contributed by atoms with Crippen molar-refractivity contribution in [3.63, 3.8) is 0 Å². The lowest BCUT2D eigenvalue weighted by molar-refractivity contribution is -0.132. The Kier molecular flexibility index (Phi) is 6.84. The number of nitrogen functional groups attached to an aromatic ring is 1. The fraction of sp³-hybridized carbons (Fsp3) is 0.115. The molecule has 1 aliphatic rings. The Hall–Kier alpha value is -4.17. The van der Waals surface area contributed by atoms with Gasteiger partial charge in [0.15, 0.2) is 0 Å². The number of anilines is 2. The molecule has 2 heterocycles. The SMILES string of the molecule is CCC1=C(C(=O)O)C=C(NC(=O)c2cc(-c3cccc(N)n3)c(F)cc2Cl)N(c2ccccc2)C1. The number of carboxylic acids is 1. The smallest absolute Gasteiger partial charge is 0.335 e. The number of rotatable bonds is 6. The van der Waals surface area contributed by atoms with E-state index in [0.29, 0.717) is 12.0 Å². The average Bonchev–Trinajstić information content (AvgIpc) is 2.84. The van der Waals surface area contributed by atoms with E-state index >= 15 is 0 Å². The summed E-state index contributed by atoms with van der Waals surface area (Å²) in [5.74, 6) is -1.91. The molecule has 0 bridgehead atoms. The number of hydrogen-bond donors (Lipinski definition) is 3. The van der Waals surface area contributed by atoms with Gasteiger partial charge in [-0.2, -0.15) is 0 Å². The largest absolute Gasteiger partial charge is 0.478 e. The van der Waals surface area contributed by atoms with Gasteiger partial charge in [-0.1, -0.05) is 42.8 Å². The van der Waals surface area contributed by atoms with Gasteiger partial charge in [-0.05, 0) is 54.5 Å². The Morgan fingerprint density at radius 3 is 2.57 bits per heavy atom. The van der Waals surface area contributed by atoms with E-state index in [9.17, 15) is 19.1 Å². The number of amides is 1. The van der Waals surface area contributed by atoms with Crippen LogP contribution in [0.1, 0.15) is 23.7 Å². The fourth-order valence-electron chi connectivity index (χ4n) is 3.84. The highest BCUT2D eigenvalue weighted by atomic mass is 35.5. The standard InChI is InChI=1S/C26H22ClFN4O3/c1-2-15-14-32(16-7-4-3-5-8-16)24(12-17(15)26(34)35)31-25(33)18-11-19(21(28)13-20(18)27)22-9-6-10-23(29)30-22/h3-13H,2,14H2,1H3,(H2,29,30)(H,31,33)(H,34,35). The number of aromatic nitrogens is 1. The van der Waals surface area contributed by atoms with E-state index in [1.54, 1.807) is 23.1 Å². The summed E-state index contributed by atoms with van der Waals surface area (Å²) in [6.45, 7) is 2.16. The third-order valence-electron chi connectivity index (χ3n) is 5.62. The first kappa shape index (κ1) is 24.0. The quantitative estimate of drug-likeness (QED) is 0.446. The van der Waals surface area contributed by atoms with Gasteiger partial charge in [-0.3, -0.25) is 4.79 Å². The van der Waals surface area contributed by atoms with Crippen LogP contribution >= 0.6 is 11.6 Å². The molecular weight excluding hydrogens is 471 g/mol. The van der Waals surface area contributed by atoms with Crippen molar-refractivity contribution in [2.24, 2.45) is 0 Å². The summed E-state index contributed by atoms with van der Waals surface area (Å²) in [5, 5.41) is 12.4. The van der Waals surface area contributed by atoms with E-state index in [0.717, 1.165) is 11.8 Å². The summed E-state index contributed by atoms with van der Waals surface area (Å²) in [5.41, 5.74) is 7.64. The number of aliphatic carboxylic acids is 1. The predicted octanol–water partition coefficient (Wildman–Crippen LogP) is 5.01. The first-order valence-electron chi connectivity index (χ1n) is 10.8. The molecule has 0 unspecified atom stereocenters. The second-order valence-electron chi connectivity index (χ2n) is 7.84. The number of halogens is 2. The number of pyridine rings is 1. The van der Waals surface area contributed by atoms with Gasteiger partial charge in [-0.15, -0.1) is 0 Å². The van der Waals surface area contributed by atoms with Gasteiger partial charge >= 0.3 is 5.97 Å². The molecule has 178 valence electrons. The molecule has 2 aromatic carbocycles. The second-order valence-corrected chi connectivity index (χ2v) is 8.25. The molecule has 4 rings (SSSR count). The minimum absolute atomic E-state index is 0.00310. The van der Waals surface area contributed by atoms with Gasteiger partial charge in [0.05, 0.1) is 21.9 Å². The maximum absolute atomic E-state index is 14.7. The van der Waals surface area contributed by atoms with Crippen LogP contribution in [-0.4, -0.2) is 28.5 Å². The van der Waals surface area contributed by atoms with E-state index < -0.39 is 17.7 Å². The van der Waals surface area contributed by atoms with Crippen LogP contribution < -0.4 is 16.0 Å². The van der Waals surface area contributed by atoms with Crippen LogP contribution in [0.3, 0.4) is 0 Å². The molecule has 35 heavy (non-hydrogen) atoms. The molecule has 3 aromatic rings. The molecule has 9 heteroatoms. The lowest BCUT2D eigenvalue weighted by atomic mass is 10.0. The Bertz CT molecular complexity index is 1370. The zero-order chi connectivity index (χ0) is 25.1. The summed E-state index contributed by atoms with van der Waals surface area (Å²) in [7, 11) is 0. The Labute approximate surface area is 206 Å². The van der Waals surface area contributed by atoms with E-state index in [2.05, 4.69) is 10.3 Å². The lowest BCUT2D eigenvalue weighted by Crippen LogP contribution is -2.39. The van der Waals surface area contributed by atoms with Crippen LogP contribution in [0.25, 0.3) is 11.3 Å². The number of carbonyl (C=O) groups is 2. The number of para-hydroxylation sites is 1. The van der Waals surface area contributed by atoms with Crippen LogP contribution in [-0.2, 0) is 4.79 Å². The number of carboxylic acid groups (broad SMARTS) is 1. The summed E-state index contributed by atoms with van der Waals surface area (Å²) in [6.07, 6.45) is 1.95. The van der Waals surface area contributed by atoms with Gasteiger partial charge < -0.3 is 21.1 Å². The third kappa shape index (κ3) is 5.02. The number of nitrogens with two attached hydrogens (primary N) is 1. The van der Waals surface area contributed by atoms with Crippen LogP contribution in [0.5, 0.6) is 0 Å². The minimum Gasteiger partial charge on any atom is -0.478 e. The van der Waals surface area contributed by atoms with Gasteiger partial charge in [0, 0.05) is 17.8 Å². The fourth-order valence-corrected chi connectivity index (χ4v) is 4.08. The van der Waals surface area contributed by atoms with Crippen LogP contribution in [0.15, 0.2) is 83.7 Å². The highest BCUT2D eigenvalue weighted by Gasteiger charge is 2.26. The molecule has 1 amide bonds. The van der Waals surface area contributed by atoms with Crippen molar-refractivity contribution in [2.45, 2.75) is 13.3 Å². The summed E-state index contributed by atoms with van der Waals surface area (Å²) >= 11 is 6.23. The summed E-state index contributed by atoms with van der Waals surface area (Å²) < 4.78 is 14.7. The molecule has 4 N–H and O–H groups in total. The molecule has 1 aromatic heterocycles. The normalized spacial score (nSPS) is 13.5. The van der Waals surface area contributed by atoms with Crippen LogP contribution in [0.2, 0.25) is 5.02 Å². The van der Waals surface area contributed by atoms with Gasteiger partial charge in [0.25, 0.3) is 5.91 Å². The Morgan fingerprint density at radius 2 is 1.91 bits per heavy atom. The Balaban J connectivity index is 1.74. The molecule has 0 saturated heterocycles. The van der Waals surface area contributed by atoms with Crippen molar-refractivity contribution < 1.29 is 19.1 Å². The molecule has 7 nitrogen and oxygen atoms in total. The van der Waals surface area contributed by atoms with Crippen molar-refractivity contribution in [2.75, 3.05) is 17.2 Å². The van der Waals surface area contributed by atoms with Crippen molar-refractivity contribution in [3.05, 3.63) is 100 Å². The molecule has 0 saturated carbocycles. The number of nitrogens with one attached hydrogen (secondary N) is 1. The maximum Gasteiger partial charge on any atom is 0.335 e. The predicted molar refractivity (Wildman–Crippen MR) is 133 cm³/mol. The highest BCUT2D eigenvalue weighted by Crippen LogP contribution is 2.30. The molecule has 0 aliphatic carbocycles. The van der Waals surface area contributed by atoms with Crippen LogP contribution in [0, 0.1) is 5.82 Å². The van der Waals surface area contributed by atoms with Crippen molar-refractivity contribution >= 4 is 35.0 Å². The minimum atomic E-state index is -1.09. The number of hydrogen-bond acceptors (Lipinski definition) is 5. The number of nitrogens with zero attached hydrogens (tertiary/aromatic N) is 2. The van der Waals surface area contributed by atoms with Gasteiger partial charge in [0.2, 0.25) is 0 Å². The molecule has 1 aliphatic heterocycles. The van der Waals surface area contributed by atoms with E-state index in [4.69, 9.17) is 17.3 Å². The van der Waals surface area contributed by atoms with Crippen molar-refractivity contribution in [3.8, 4) is 11.3 Å². The van der Waals surface area contributed by atoms with Crippen molar-refractivity contribution in [1.82, 2.24) is 10.3 Å². The zero-order valence-electron chi connectivity index (χ0n) is 18.8. The van der Waals surface area contributed by atoms with E-state index in [1.165, 1.54) is 12.1 Å². The van der Waals surface area contributed by atoms with Gasteiger partial charge in [-0.25, -0.2) is 14.2 Å².